The van der Waals surface area contributed by atoms with Crippen molar-refractivity contribution in [3.05, 3.63) is 64.5 Å². The highest BCUT2D eigenvalue weighted by Crippen LogP contribution is 2.58. The maximum Gasteiger partial charge on any atom is 0.310 e. The molecule has 3 aromatic rings. The number of benzene rings is 2. The molecule has 8 heteroatoms. The number of carboxylic acid groups (broad SMARTS) is 1. The Balaban J connectivity index is 1.01. The summed E-state index contributed by atoms with van der Waals surface area (Å²) < 4.78 is 11.9. The number of fused-ring (bicyclic) bond motifs is 2. The number of rotatable bonds is 7. The quantitative estimate of drug-likeness (QED) is 0.436. The molecule has 2 unspecified atom stereocenters. The number of ether oxygens (including phenoxy) is 2. The highest BCUT2D eigenvalue weighted by molar-refractivity contribution is 7.14. The molecule has 4 aliphatic rings. The number of piperidine rings is 1. The Morgan fingerprint density at radius 1 is 1.15 bits per heavy atom. The number of nitrogens with zero attached hydrogens (tertiary/aromatic N) is 3. The molecule has 0 bridgehead atoms. The number of carboxylic acids is 1. The van der Waals surface area contributed by atoms with E-state index in [1.54, 1.807) is 11.3 Å². The van der Waals surface area contributed by atoms with Gasteiger partial charge >= 0.3 is 5.97 Å². The van der Waals surface area contributed by atoms with Crippen LogP contribution in [-0.4, -0.2) is 59.8 Å². The van der Waals surface area contributed by atoms with E-state index in [1.165, 1.54) is 16.7 Å². The van der Waals surface area contributed by atoms with Crippen molar-refractivity contribution in [3.63, 3.8) is 0 Å². The molecule has 4 heterocycles. The lowest BCUT2D eigenvalue weighted by atomic mass is 9.95. The van der Waals surface area contributed by atoms with E-state index in [1.807, 2.05) is 18.2 Å². The summed E-state index contributed by atoms with van der Waals surface area (Å²) in [6, 6.07) is 15.6. The lowest BCUT2D eigenvalue weighted by Crippen LogP contribution is -2.42. The molecule has 2 aromatic carbocycles. The SMILES string of the molecule is O=C(O)C12CCN(c3nc(-c4ccccc4OCc4ccc5c(c4)CCN(C4CCOCC4)C5)cs3)CC1C2. The molecular weight excluding hydrogens is 510 g/mol. The maximum atomic E-state index is 11.6. The number of hydrogen-bond donors (Lipinski definition) is 1. The average molecular weight is 546 g/mol. The number of thiazole rings is 1. The third kappa shape index (κ3) is 4.83. The summed E-state index contributed by atoms with van der Waals surface area (Å²) in [6.07, 6.45) is 4.88. The standard InChI is InChI=1S/C31H35N3O4S/c35-29(36)31-10-12-34(18-24(31)16-31)30-32-27(20-39-30)26-3-1-2-4-28(26)38-19-21-5-6-23-17-33(11-7-22(23)15-21)25-8-13-37-14-9-25/h1-6,15,20,24-25H,7-14,16-19H2,(H,35,36). The highest BCUT2D eigenvalue weighted by Gasteiger charge is 2.62. The molecule has 0 amide bonds. The van der Waals surface area contributed by atoms with Gasteiger partial charge in [0, 0.05) is 56.4 Å². The van der Waals surface area contributed by atoms with Crippen molar-refractivity contribution in [2.24, 2.45) is 11.3 Å². The second-order valence-corrected chi connectivity index (χ2v) is 12.4. The summed E-state index contributed by atoms with van der Waals surface area (Å²) in [5.41, 5.74) is 5.51. The molecule has 1 saturated carbocycles. The predicted octanol–water partition coefficient (Wildman–Crippen LogP) is 5.23. The van der Waals surface area contributed by atoms with Gasteiger partial charge in [-0.15, -0.1) is 11.3 Å². The first-order valence-corrected chi connectivity index (χ1v) is 15.1. The van der Waals surface area contributed by atoms with Crippen molar-refractivity contribution in [2.45, 2.75) is 51.3 Å². The summed E-state index contributed by atoms with van der Waals surface area (Å²) >= 11 is 1.63. The minimum Gasteiger partial charge on any atom is -0.488 e. The predicted molar refractivity (Wildman–Crippen MR) is 151 cm³/mol. The Bertz CT molecular complexity index is 1370. The van der Waals surface area contributed by atoms with Crippen LogP contribution in [-0.2, 0) is 29.1 Å². The van der Waals surface area contributed by atoms with Crippen LogP contribution in [0.15, 0.2) is 47.8 Å². The molecule has 1 aromatic heterocycles. The summed E-state index contributed by atoms with van der Waals surface area (Å²) in [4.78, 5) is 21.5. The van der Waals surface area contributed by atoms with Gasteiger partial charge in [-0.3, -0.25) is 9.69 Å². The van der Waals surface area contributed by atoms with Gasteiger partial charge in [-0.1, -0.05) is 30.3 Å². The summed E-state index contributed by atoms with van der Waals surface area (Å²) in [5, 5.41) is 12.6. The van der Waals surface area contributed by atoms with Crippen LogP contribution < -0.4 is 9.64 Å². The van der Waals surface area contributed by atoms with Gasteiger partial charge < -0.3 is 19.5 Å². The smallest absolute Gasteiger partial charge is 0.310 e. The average Bonchev–Trinajstić information content (AvgIpc) is 3.54. The molecule has 0 spiro atoms. The van der Waals surface area contributed by atoms with Crippen LogP contribution >= 0.6 is 11.3 Å². The van der Waals surface area contributed by atoms with Gasteiger partial charge in [0.1, 0.15) is 12.4 Å². The van der Waals surface area contributed by atoms with Crippen LogP contribution in [0.4, 0.5) is 5.13 Å². The Hall–Kier alpha value is -2.94. The zero-order chi connectivity index (χ0) is 26.4. The summed E-state index contributed by atoms with van der Waals surface area (Å²) in [6.45, 7) is 5.98. The van der Waals surface area contributed by atoms with Crippen molar-refractivity contribution in [1.82, 2.24) is 9.88 Å². The molecule has 1 aliphatic carbocycles. The number of hydrogen-bond acceptors (Lipinski definition) is 7. The van der Waals surface area contributed by atoms with E-state index >= 15 is 0 Å². The molecule has 7 nitrogen and oxygen atoms in total. The minimum absolute atomic E-state index is 0.244. The second-order valence-electron chi connectivity index (χ2n) is 11.5. The molecule has 39 heavy (non-hydrogen) atoms. The van der Waals surface area contributed by atoms with E-state index in [-0.39, 0.29) is 5.92 Å². The van der Waals surface area contributed by atoms with Crippen molar-refractivity contribution < 1.29 is 19.4 Å². The van der Waals surface area contributed by atoms with Crippen molar-refractivity contribution in [3.8, 4) is 17.0 Å². The van der Waals surface area contributed by atoms with Crippen molar-refractivity contribution in [1.29, 1.82) is 0 Å². The normalized spacial score (nSPS) is 25.1. The molecule has 2 atom stereocenters. The molecule has 0 radical (unpaired) electrons. The topological polar surface area (TPSA) is 75.1 Å². The van der Waals surface area contributed by atoms with E-state index in [2.05, 4.69) is 39.4 Å². The third-order valence-electron chi connectivity index (χ3n) is 9.27. The zero-order valence-corrected chi connectivity index (χ0v) is 23.0. The monoisotopic (exact) mass is 545 g/mol. The molecule has 3 aliphatic heterocycles. The van der Waals surface area contributed by atoms with Crippen molar-refractivity contribution >= 4 is 22.4 Å². The van der Waals surface area contributed by atoms with Gasteiger partial charge in [-0.2, -0.15) is 0 Å². The molecular formula is C31H35N3O4S. The lowest BCUT2D eigenvalue weighted by Gasteiger charge is -2.37. The number of carbonyl (C=O) groups is 1. The van der Waals surface area contributed by atoms with Gasteiger partial charge in [-0.25, -0.2) is 4.98 Å². The molecule has 204 valence electrons. The third-order valence-corrected chi connectivity index (χ3v) is 10.2. The number of anilines is 1. The first-order chi connectivity index (χ1) is 19.1. The first-order valence-electron chi connectivity index (χ1n) is 14.2. The number of para-hydroxylation sites is 1. The lowest BCUT2D eigenvalue weighted by molar-refractivity contribution is -0.144. The van der Waals surface area contributed by atoms with Crippen LogP contribution in [0.3, 0.4) is 0 Å². The fourth-order valence-corrected chi connectivity index (χ4v) is 7.60. The molecule has 3 fully saturated rings. The Morgan fingerprint density at radius 3 is 2.87 bits per heavy atom. The van der Waals surface area contributed by atoms with E-state index < -0.39 is 11.4 Å². The van der Waals surface area contributed by atoms with Crippen LogP contribution in [0, 0.1) is 11.3 Å². The van der Waals surface area contributed by atoms with Gasteiger partial charge in [0.2, 0.25) is 0 Å². The Morgan fingerprint density at radius 2 is 2.03 bits per heavy atom. The van der Waals surface area contributed by atoms with Gasteiger partial charge in [0.05, 0.1) is 11.1 Å². The van der Waals surface area contributed by atoms with Gasteiger partial charge in [0.15, 0.2) is 5.13 Å². The van der Waals surface area contributed by atoms with Crippen LogP contribution in [0.5, 0.6) is 5.75 Å². The van der Waals surface area contributed by atoms with Crippen LogP contribution in [0.25, 0.3) is 11.3 Å². The Labute approximate surface area is 233 Å². The second kappa shape index (κ2) is 10.2. The minimum atomic E-state index is -0.631. The first kappa shape index (κ1) is 25.1. The molecule has 2 saturated heterocycles. The summed E-state index contributed by atoms with van der Waals surface area (Å²) in [7, 11) is 0. The van der Waals surface area contributed by atoms with Crippen LogP contribution in [0.2, 0.25) is 0 Å². The fraction of sp³-hybridized carbons (Fsp3) is 0.484. The molecule has 7 rings (SSSR count). The Kier molecular flexibility index (Phi) is 6.57. The van der Waals surface area contributed by atoms with E-state index in [0.717, 1.165) is 87.2 Å². The molecule has 1 N–H and O–H groups in total. The van der Waals surface area contributed by atoms with E-state index in [9.17, 15) is 9.90 Å². The van der Waals surface area contributed by atoms with Gasteiger partial charge in [0.25, 0.3) is 0 Å². The van der Waals surface area contributed by atoms with Gasteiger partial charge in [-0.05, 0) is 66.8 Å². The number of aliphatic carboxylic acids is 1. The van der Waals surface area contributed by atoms with Crippen molar-refractivity contribution in [2.75, 3.05) is 37.7 Å². The van der Waals surface area contributed by atoms with E-state index in [4.69, 9.17) is 14.5 Å². The largest absolute Gasteiger partial charge is 0.488 e. The highest BCUT2D eigenvalue weighted by atomic mass is 32.1. The maximum absolute atomic E-state index is 11.6. The zero-order valence-electron chi connectivity index (χ0n) is 22.2. The van der Waals surface area contributed by atoms with Crippen LogP contribution in [0.1, 0.15) is 42.4 Å². The number of aromatic nitrogens is 1. The fourth-order valence-electron chi connectivity index (χ4n) is 6.74. The summed E-state index contributed by atoms with van der Waals surface area (Å²) in [5.74, 6) is 0.450. The van der Waals surface area contributed by atoms with E-state index in [0.29, 0.717) is 19.1 Å².